The number of thiazole rings is 1. The van der Waals surface area contributed by atoms with Gasteiger partial charge in [-0.1, -0.05) is 29.5 Å². The Kier molecular flexibility index (Phi) is 4.80. The fourth-order valence-electron chi connectivity index (χ4n) is 2.01. The van der Waals surface area contributed by atoms with Crippen molar-refractivity contribution >= 4 is 22.5 Å². The molecule has 0 aliphatic heterocycles. The fourth-order valence-corrected chi connectivity index (χ4v) is 2.63. The van der Waals surface area contributed by atoms with Crippen molar-refractivity contribution in [3.05, 3.63) is 41.1 Å². The second kappa shape index (κ2) is 6.58. The molecule has 112 valence electrons. The number of methoxy groups -OCH3 is 1. The molecule has 0 bridgehead atoms. The van der Waals surface area contributed by atoms with Crippen LogP contribution in [-0.4, -0.2) is 30.1 Å². The Morgan fingerprint density at radius 2 is 2.05 bits per heavy atom. The van der Waals surface area contributed by atoms with Crippen molar-refractivity contribution in [1.82, 2.24) is 9.88 Å². The number of nitrogens with one attached hydrogen (secondary N) is 1. The number of benzene rings is 1. The van der Waals surface area contributed by atoms with E-state index >= 15 is 0 Å². The summed E-state index contributed by atoms with van der Waals surface area (Å²) in [5.74, 6) is 0. The maximum Gasteiger partial charge on any atom is 0.323 e. The minimum Gasteiger partial charge on any atom is -0.486 e. The molecule has 0 fully saturated rings. The second-order valence-electron chi connectivity index (χ2n) is 4.85. The van der Waals surface area contributed by atoms with Gasteiger partial charge in [0, 0.05) is 13.6 Å². The van der Waals surface area contributed by atoms with Crippen LogP contribution in [0.2, 0.25) is 0 Å². The minimum absolute atomic E-state index is 0.186. The highest BCUT2D eigenvalue weighted by Crippen LogP contribution is 2.25. The molecule has 1 heterocycles. The Morgan fingerprint density at radius 3 is 2.62 bits per heavy atom. The van der Waals surface area contributed by atoms with Gasteiger partial charge in [0.2, 0.25) is 0 Å². The summed E-state index contributed by atoms with van der Waals surface area (Å²) in [6.07, 6.45) is 1.59. The first-order valence-corrected chi connectivity index (χ1v) is 7.40. The van der Waals surface area contributed by atoms with E-state index in [-0.39, 0.29) is 6.03 Å². The van der Waals surface area contributed by atoms with E-state index in [0.29, 0.717) is 16.7 Å². The molecule has 1 N–H and O–H groups in total. The zero-order valence-corrected chi connectivity index (χ0v) is 13.5. The summed E-state index contributed by atoms with van der Waals surface area (Å²) in [6, 6.07) is 5.95. The molecule has 2 amide bonds. The number of hydrogen-bond acceptors (Lipinski definition) is 4. The first-order valence-electron chi connectivity index (χ1n) is 6.58. The zero-order valence-electron chi connectivity index (χ0n) is 12.6. The number of rotatable bonds is 4. The van der Waals surface area contributed by atoms with Crippen LogP contribution in [0.5, 0.6) is 5.06 Å². The lowest BCUT2D eigenvalue weighted by molar-refractivity contribution is 0.220. The van der Waals surface area contributed by atoms with Crippen LogP contribution in [0.15, 0.2) is 24.4 Å². The molecule has 2 rings (SSSR count). The van der Waals surface area contributed by atoms with Gasteiger partial charge in [-0.3, -0.25) is 5.32 Å². The smallest absolute Gasteiger partial charge is 0.323 e. The van der Waals surface area contributed by atoms with Crippen LogP contribution in [-0.2, 0) is 6.54 Å². The molecule has 0 saturated heterocycles. The van der Waals surface area contributed by atoms with Crippen molar-refractivity contribution in [1.29, 1.82) is 0 Å². The van der Waals surface area contributed by atoms with Gasteiger partial charge in [0.05, 0.1) is 13.3 Å². The predicted octanol–water partition coefficient (Wildman–Crippen LogP) is 3.43. The molecular weight excluding hydrogens is 286 g/mol. The Labute approximate surface area is 128 Å². The topological polar surface area (TPSA) is 54.5 Å². The van der Waals surface area contributed by atoms with Crippen molar-refractivity contribution in [3.63, 3.8) is 0 Å². The number of aryl methyl sites for hydroxylation is 2. The van der Waals surface area contributed by atoms with Crippen LogP contribution in [0.3, 0.4) is 0 Å². The summed E-state index contributed by atoms with van der Waals surface area (Å²) in [4.78, 5) is 17.9. The molecular formula is C15H19N3O2S. The van der Waals surface area contributed by atoms with Crippen LogP contribution in [0.4, 0.5) is 9.93 Å². The molecule has 5 nitrogen and oxygen atoms in total. The number of hydrogen-bond donors (Lipinski definition) is 1. The highest BCUT2D eigenvalue weighted by molar-refractivity contribution is 7.17. The molecule has 0 aliphatic carbocycles. The van der Waals surface area contributed by atoms with Gasteiger partial charge in [-0.2, -0.15) is 0 Å². The summed E-state index contributed by atoms with van der Waals surface area (Å²) < 4.78 is 5.06. The lowest BCUT2D eigenvalue weighted by Crippen LogP contribution is -2.31. The Hall–Kier alpha value is -2.08. The second-order valence-corrected chi connectivity index (χ2v) is 5.84. The number of amides is 2. The van der Waals surface area contributed by atoms with Gasteiger partial charge < -0.3 is 9.64 Å². The molecule has 0 radical (unpaired) electrons. The van der Waals surface area contributed by atoms with E-state index in [4.69, 9.17) is 4.74 Å². The number of urea groups is 1. The molecule has 0 spiro atoms. The number of ether oxygens (including phenoxy) is 1. The maximum absolute atomic E-state index is 12.2. The molecule has 1 aromatic carbocycles. The van der Waals surface area contributed by atoms with E-state index in [0.717, 1.165) is 0 Å². The molecule has 0 saturated carbocycles. The van der Waals surface area contributed by atoms with E-state index in [1.165, 1.54) is 28.0 Å². The third kappa shape index (κ3) is 3.72. The summed E-state index contributed by atoms with van der Waals surface area (Å²) in [6.45, 7) is 4.67. The molecule has 0 aliphatic rings. The quantitative estimate of drug-likeness (QED) is 0.941. The fraction of sp³-hybridized carbons (Fsp3) is 0.333. The van der Waals surface area contributed by atoms with Gasteiger partial charge in [-0.25, -0.2) is 9.78 Å². The van der Waals surface area contributed by atoms with Crippen LogP contribution in [0, 0.1) is 13.8 Å². The number of anilines is 1. The lowest BCUT2D eigenvalue weighted by atomic mass is 10.0. The van der Waals surface area contributed by atoms with E-state index in [1.807, 2.05) is 6.07 Å². The summed E-state index contributed by atoms with van der Waals surface area (Å²) in [5, 5.41) is 3.97. The highest BCUT2D eigenvalue weighted by atomic mass is 32.1. The van der Waals surface area contributed by atoms with Gasteiger partial charge in [0.25, 0.3) is 0 Å². The lowest BCUT2D eigenvalue weighted by Gasteiger charge is -2.19. The first-order chi connectivity index (χ1) is 10.0. The van der Waals surface area contributed by atoms with E-state index in [9.17, 15) is 4.79 Å². The number of nitrogens with zero attached hydrogens (tertiary/aromatic N) is 2. The van der Waals surface area contributed by atoms with E-state index < -0.39 is 0 Å². The molecule has 0 unspecified atom stereocenters. The van der Waals surface area contributed by atoms with E-state index in [2.05, 4.69) is 36.3 Å². The monoisotopic (exact) mass is 305 g/mol. The van der Waals surface area contributed by atoms with Gasteiger partial charge >= 0.3 is 6.03 Å². The van der Waals surface area contributed by atoms with Crippen molar-refractivity contribution in [2.75, 3.05) is 19.5 Å². The average Bonchev–Trinajstić information content (AvgIpc) is 2.90. The van der Waals surface area contributed by atoms with Gasteiger partial charge in [0.15, 0.2) is 10.2 Å². The number of aromatic nitrogens is 1. The summed E-state index contributed by atoms with van der Waals surface area (Å²) >= 11 is 1.30. The third-order valence-electron chi connectivity index (χ3n) is 3.29. The minimum atomic E-state index is -0.186. The summed E-state index contributed by atoms with van der Waals surface area (Å²) in [7, 11) is 3.35. The number of carbonyl (C=O) groups excluding carboxylic acids is 1. The van der Waals surface area contributed by atoms with E-state index in [1.54, 1.807) is 25.3 Å². The van der Waals surface area contributed by atoms with Crippen molar-refractivity contribution < 1.29 is 9.53 Å². The molecule has 6 heteroatoms. The van der Waals surface area contributed by atoms with Crippen LogP contribution in [0.1, 0.15) is 16.7 Å². The van der Waals surface area contributed by atoms with Gasteiger partial charge in [-0.05, 0) is 30.5 Å². The predicted molar refractivity (Wildman–Crippen MR) is 85.1 cm³/mol. The van der Waals surface area contributed by atoms with Crippen LogP contribution < -0.4 is 10.1 Å². The van der Waals surface area contributed by atoms with Crippen molar-refractivity contribution in [2.24, 2.45) is 0 Å². The molecule has 2 aromatic rings. The average molecular weight is 305 g/mol. The normalized spacial score (nSPS) is 10.3. The Morgan fingerprint density at radius 1 is 1.38 bits per heavy atom. The molecule has 0 atom stereocenters. The standard InChI is InChI=1S/C15H19N3O2S/c1-10-6-5-7-11(2)12(10)9-18(3)15(19)17-14-16-8-13(20-4)21-14/h5-8H,9H2,1-4H3,(H,16,17,19). The Balaban J connectivity index is 2.02. The maximum atomic E-state index is 12.2. The molecule has 1 aromatic heterocycles. The molecule has 21 heavy (non-hydrogen) atoms. The van der Waals surface area contributed by atoms with Crippen molar-refractivity contribution in [2.45, 2.75) is 20.4 Å². The van der Waals surface area contributed by atoms with Crippen LogP contribution in [0.25, 0.3) is 0 Å². The van der Waals surface area contributed by atoms with Gasteiger partial charge in [-0.15, -0.1) is 0 Å². The van der Waals surface area contributed by atoms with Crippen molar-refractivity contribution in [3.8, 4) is 5.06 Å². The van der Waals surface area contributed by atoms with Gasteiger partial charge in [0.1, 0.15) is 0 Å². The zero-order chi connectivity index (χ0) is 15.4. The summed E-state index contributed by atoms with van der Waals surface area (Å²) in [5.41, 5.74) is 3.54. The number of carbonyl (C=O) groups is 1. The third-order valence-corrected chi connectivity index (χ3v) is 4.16. The van der Waals surface area contributed by atoms with Crippen LogP contribution >= 0.6 is 11.3 Å². The highest BCUT2D eigenvalue weighted by Gasteiger charge is 2.13. The SMILES string of the molecule is COc1cnc(NC(=O)N(C)Cc2c(C)cccc2C)s1. The first kappa shape index (κ1) is 15.3. The largest absolute Gasteiger partial charge is 0.486 e. The Bertz CT molecular complexity index is 619.